The van der Waals surface area contributed by atoms with Crippen LogP contribution in [-0.2, 0) is 22.8 Å². The largest absolute Gasteiger partial charge is 0.147 e. The molecule has 0 nitrogen and oxygen atoms in total. The summed E-state index contributed by atoms with van der Waals surface area (Å²) >= 11 is -3.66. The maximum absolute atomic E-state index is 3.66. The number of hydrogen-bond donors (Lipinski definition) is 0. The van der Waals surface area contributed by atoms with Crippen LogP contribution in [-0.4, -0.2) is 6.88 Å². The van der Waals surface area contributed by atoms with Crippen LogP contribution in [0, 0.1) is 5.92 Å². The molecule has 4 aromatic rings. The minimum Gasteiger partial charge on any atom is -0.147 e. The number of fused-ring (bicyclic) bond motifs is 2. The first-order valence-electron chi connectivity index (χ1n) is 17.5. The number of benzene rings is 4. The van der Waals surface area contributed by atoms with E-state index in [4.69, 9.17) is 0 Å². The zero-order chi connectivity index (χ0) is 33.2. The van der Waals surface area contributed by atoms with E-state index < -0.39 is 17.4 Å². The van der Waals surface area contributed by atoms with Crippen molar-refractivity contribution in [2.24, 2.45) is 5.92 Å². The molecule has 0 amide bonds. The number of rotatable bonds is 7. The Hall–Kier alpha value is -1.96. The summed E-state index contributed by atoms with van der Waals surface area (Å²) in [5.41, 5.74) is 17.7. The minimum absolute atomic E-state index is 0. The van der Waals surface area contributed by atoms with E-state index in [2.05, 4.69) is 169 Å². The average Bonchev–Trinajstić information content (AvgIpc) is 3.59. The molecule has 0 N–H and O–H groups in total. The van der Waals surface area contributed by atoms with Crippen LogP contribution in [0.25, 0.3) is 34.4 Å². The monoisotopic (exact) mass is 772 g/mol. The van der Waals surface area contributed by atoms with Gasteiger partial charge in [-0.1, -0.05) is 0 Å². The molecular weight excluding hydrogens is 719 g/mol. The molecule has 0 aromatic heterocycles. The molecule has 4 heteroatoms. The first-order valence-corrected chi connectivity index (χ1v) is 31.2. The first-order chi connectivity index (χ1) is 21.6. The van der Waals surface area contributed by atoms with E-state index in [9.17, 15) is 0 Å². The van der Waals surface area contributed by atoms with Gasteiger partial charge in [-0.2, -0.15) is 0 Å². The summed E-state index contributed by atoms with van der Waals surface area (Å²) in [6.07, 6.45) is 6.33. The van der Waals surface area contributed by atoms with Gasteiger partial charge in [-0.3, -0.25) is 0 Å². The van der Waals surface area contributed by atoms with Gasteiger partial charge in [-0.25, -0.2) is 0 Å². The Kier molecular flexibility index (Phi) is 11.3. The molecule has 0 saturated heterocycles. The molecule has 0 heterocycles. The number of hydrogen-bond acceptors (Lipinski definition) is 0. The second-order valence-corrected chi connectivity index (χ2v) is 47.3. The van der Waals surface area contributed by atoms with Crippen LogP contribution in [0.3, 0.4) is 0 Å². The fourth-order valence-corrected chi connectivity index (χ4v) is 29.4. The Balaban J connectivity index is 0.00000260. The third-order valence-electron chi connectivity index (χ3n) is 11.4. The molecule has 0 spiro atoms. The van der Waals surface area contributed by atoms with E-state index in [1.54, 1.807) is 22.3 Å². The van der Waals surface area contributed by atoms with Gasteiger partial charge in [0.1, 0.15) is 0 Å². The predicted molar refractivity (Wildman–Crippen MR) is 218 cm³/mol. The van der Waals surface area contributed by atoms with Crippen LogP contribution in [0.4, 0.5) is 0 Å². The predicted octanol–water partition coefficient (Wildman–Crippen LogP) is 13.3. The Bertz CT molecular complexity index is 1930. The van der Waals surface area contributed by atoms with E-state index in [1.165, 1.54) is 50.9 Å². The molecule has 3 atom stereocenters. The van der Waals surface area contributed by atoms with E-state index in [0.717, 1.165) is 0 Å². The van der Waals surface area contributed by atoms with Crippen LogP contribution in [0.1, 0.15) is 108 Å². The van der Waals surface area contributed by atoms with E-state index in [-0.39, 0.29) is 30.2 Å². The van der Waals surface area contributed by atoms with Crippen molar-refractivity contribution in [3.63, 3.8) is 0 Å². The molecule has 2 aliphatic rings. The Morgan fingerprint density at radius 3 is 1.65 bits per heavy atom. The van der Waals surface area contributed by atoms with Gasteiger partial charge in [0.15, 0.2) is 0 Å². The molecule has 4 aromatic carbocycles. The van der Waals surface area contributed by atoms with Crippen LogP contribution in [0.5, 0.6) is 0 Å². The van der Waals surface area contributed by atoms with Gasteiger partial charge < -0.3 is 0 Å². The van der Waals surface area contributed by atoms with Crippen molar-refractivity contribution in [1.82, 2.24) is 0 Å². The Morgan fingerprint density at radius 1 is 0.688 bits per heavy atom. The fourth-order valence-electron chi connectivity index (χ4n) is 8.84. The average molecular weight is 775 g/mol. The SMILES string of the molecule is CCC(C)c1ccc(-c2cccc3c2C=C(C)[CH]3[Zr]([CH3])([CH3])(=[SiH2])[CH]2C(C(C)C)=Cc3c(-c4ccc(C(C)(C)C)cc4)cccc32)cc1.Cl.Cl. The summed E-state index contributed by atoms with van der Waals surface area (Å²) in [5.74, 6) is 1.10. The molecule has 3 unspecified atom stereocenters. The Labute approximate surface area is 306 Å². The van der Waals surface area contributed by atoms with Crippen molar-refractivity contribution >= 4 is 43.8 Å². The van der Waals surface area contributed by atoms with Gasteiger partial charge in [0.25, 0.3) is 0 Å². The quantitative estimate of drug-likeness (QED) is 0.164. The zero-order valence-electron chi connectivity index (χ0n) is 30.8. The summed E-state index contributed by atoms with van der Waals surface area (Å²) in [5, 5.41) is 0. The molecule has 6 rings (SSSR count). The maximum Gasteiger partial charge on any atom is -0.147 e. The van der Waals surface area contributed by atoms with Crippen LogP contribution in [0.2, 0.25) is 9.26 Å². The molecule has 0 radical (unpaired) electrons. The van der Waals surface area contributed by atoms with Crippen molar-refractivity contribution in [3.05, 3.63) is 129 Å². The topological polar surface area (TPSA) is 0 Å². The molecule has 48 heavy (non-hydrogen) atoms. The van der Waals surface area contributed by atoms with Gasteiger partial charge in [0, 0.05) is 0 Å². The molecule has 0 saturated carbocycles. The summed E-state index contributed by atoms with van der Waals surface area (Å²) < 4.78 is 6.57. The number of halogens is 2. The second-order valence-electron chi connectivity index (χ2n) is 16.9. The molecule has 254 valence electrons. The molecule has 0 aliphatic heterocycles. The van der Waals surface area contributed by atoms with Gasteiger partial charge in [-0.15, -0.1) is 24.8 Å². The molecule has 0 bridgehead atoms. The van der Waals surface area contributed by atoms with Crippen molar-refractivity contribution < 1.29 is 17.4 Å². The van der Waals surface area contributed by atoms with Gasteiger partial charge in [0.05, 0.1) is 0 Å². The second kappa shape index (κ2) is 14.0. The van der Waals surface area contributed by atoms with Crippen molar-refractivity contribution in [3.8, 4) is 22.3 Å². The van der Waals surface area contributed by atoms with Gasteiger partial charge in [-0.05, 0) is 0 Å². The standard InChI is InChI=1S/C22H25.C20H21.2CH3.2ClH.H2Si.Zr/c1-15(2)18-13-17-7-6-8-20(21(17)14-18)16-9-11-19(12-10-16)22(3,4)5;1-4-15(3)16-8-10-17(11-9-16)19-7-5-6-18-12-14(2)13-20(18)19;;;;;;/h6-15H,1-5H3;5-13,15H,4H2,1-3H3;2*1H3;2*1H;1H2;. The summed E-state index contributed by atoms with van der Waals surface area (Å²) in [7, 11) is 0. The summed E-state index contributed by atoms with van der Waals surface area (Å²) in [6, 6.07) is 33.0. The summed E-state index contributed by atoms with van der Waals surface area (Å²) in [6.45, 7) is 21.2. The molecule has 2 aliphatic carbocycles. The minimum atomic E-state index is -3.66. The van der Waals surface area contributed by atoms with Crippen molar-refractivity contribution in [2.45, 2.75) is 89.7 Å². The normalized spacial score (nSPS) is 17.9. The van der Waals surface area contributed by atoms with Gasteiger partial charge in [0.2, 0.25) is 0 Å². The van der Waals surface area contributed by atoms with Crippen LogP contribution in [0.15, 0.2) is 96.1 Å². The maximum atomic E-state index is 2.77. The van der Waals surface area contributed by atoms with Crippen LogP contribution >= 0.6 is 24.8 Å². The number of allylic oxidation sites excluding steroid dienone is 2. The van der Waals surface area contributed by atoms with E-state index in [0.29, 0.717) is 19.1 Å². The van der Waals surface area contributed by atoms with E-state index in [1.807, 2.05) is 0 Å². The molecular formula is C44H56Cl2SiZr. The summed E-state index contributed by atoms with van der Waals surface area (Å²) in [4.78, 5) is 0. The first kappa shape index (κ1) is 38.8. The van der Waals surface area contributed by atoms with Crippen molar-refractivity contribution in [2.75, 3.05) is 0 Å². The molecule has 0 fully saturated rings. The van der Waals surface area contributed by atoms with E-state index >= 15 is 0 Å². The van der Waals surface area contributed by atoms with Crippen molar-refractivity contribution in [1.29, 1.82) is 0 Å². The van der Waals surface area contributed by atoms with Gasteiger partial charge >= 0.3 is 284 Å². The van der Waals surface area contributed by atoms with Crippen LogP contribution < -0.4 is 0 Å². The fraction of sp³-hybridized carbons (Fsp3) is 0.364. The third kappa shape index (κ3) is 6.74. The smallest absolute Gasteiger partial charge is 0.147 e. The zero-order valence-corrected chi connectivity index (χ0v) is 36.3. The third-order valence-corrected chi connectivity index (χ3v) is 29.0. The Morgan fingerprint density at radius 2 is 1.17 bits per heavy atom.